The van der Waals surface area contributed by atoms with Crippen LogP contribution in [0.2, 0.25) is 0 Å². The van der Waals surface area contributed by atoms with Gasteiger partial charge in [-0.05, 0) is 56.2 Å². The lowest BCUT2D eigenvalue weighted by Gasteiger charge is -2.23. The fourth-order valence-corrected chi connectivity index (χ4v) is 3.35. The Morgan fingerprint density at radius 2 is 1.71 bits per heavy atom. The van der Waals surface area contributed by atoms with Crippen molar-refractivity contribution in [2.24, 2.45) is 0 Å². The zero-order chi connectivity index (χ0) is 20.4. The van der Waals surface area contributed by atoms with Gasteiger partial charge in [0.05, 0.1) is 0 Å². The van der Waals surface area contributed by atoms with Gasteiger partial charge >= 0.3 is 6.09 Å². The van der Waals surface area contributed by atoms with Crippen molar-refractivity contribution in [1.82, 2.24) is 5.32 Å². The molecule has 0 fully saturated rings. The van der Waals surface area contributed by atoms with Crippen LogP contribution in [0.25, 0.3) is 0 Å². The van der Waals surface area contributed by atoms with Gasteiger partial charge in [0.15, 0.2) is 0 Å². The molecule has 1 unspecified atom stereocenters. The number of ether oxygens (including phenoxy) is 2. The summed E-state index contributed by atoms with van der Waals surface area (Å²) in [7, 11) is 0. The maximum Gasteiger partial charge on any atom is 0.407 e. The van der Waals surface area contributed by atoms with Crippen molar-refractivity contribution < 1.29 is 14.3 Å². The van der Waals surface area contributed by atoms with E-state index in [0.29, 0.717) is 6.61 Å². The number of amides is 1. The minimum absolute atomic E-state index is 0.0240. The highest BCUT2D eigenvalue weighted by Crippen LogP contribution is 2.17. The molecule has 2 aromatic carbocycles. The summed E-state index contributed by atoms with van der Waals surface area (Å²) in [5.74, 6) is 2.70. The van der Waals surface area contributed by atoms with E-state index in [1.54, 1.807) is 0 Å². The van der Waals surface area contributed by atoms with Crippen molar-refractivity contribution in [3.63, 3.8) is 0 Å². The van der Waals surface area contributed by atoms with Gasteiger partial charge in [-0.3, -0.25) is 0 Å². The van der Waals surface area contributed by atoms with E-state index in [-0.39, 0.29) is 12.1 Å². The second-order valence-electron chi connectivity index (χ2n) is 7.62. The fourth-order valence-electron chi connectivity index (χ4n) is 2.63. The van der Waals surface area contributed by atoms with Gasteiger partial charge < -0.3 is 14.8 Å². The van der Waals surface area contributed by atoms with E-state index in [9.17, 15) is 4.79 Å². The molecule has 0 saturated carbocycles. The van der Waals surface area contributed by atoms with Gasteiger partial charge in [0.2, 0.25) is 0 Å². The second kappa shape index (κ2) is 11.0. The Hall–Kier alpha value is -2.14. The molecule has 152 valence electrons. The van der Waals surface area contributed by atoms with Crippen molar-refractivity contribution in [3.8, 4) is 5.75 Å². The molecule has 1 amide bonds. The second-order valence-corrected chi connectivity index (χ2v) is 8.94. The van der Waals surface area contributed by atoms with Gasteiger partial charge in [-0.1, -0.05) is 49.4 Å². The number of thioether (sulfide) groups is 1. The van der Waals surface area contributed by atoms with Crippen molar-refractivity contribution in [2.75, 3.05) is 11.5 Å². The third-order valence-corrected chi connectivity index (χ3v) is 4.94. The van der Waals surface area contributed by atoms with Crippen molar-refractivity contribution >= 4 is 17.9 Å². The number of nitrogens with one attached hydrogen (secondary N) is 1. The Morgan fingerprint density at radius 3 is 2.32 bits per heavy atom. The van der Waals surface area contributed by atoms with Crippen LogP contribution in [0.3, 0.4) is 0 Å². The van der Waals surface area contributed by atoms with Crippen LogP contribution in [0.1, 0.15) is 38.8 Å². The summed E-state index contributed by atoms with van der Waals surface area (Å²) < 4.78 is 11.2. The summed E-state index contributed by atoms with van der Waals surface area (Å²) >= 11 is 1.81. The SMILES string of the molecule is CCSCC(Cc1ccc(OCc2ccccc2)cc1)NC(=O)OC(C)(C)C. The summed E-state index contributed by atoms with van der Waals surface area (Å²) in [5, 5.41) is 3.00. The number of hydrogen-bond acceptors (Lipinski definition) is 4. The van der Waals surface area contributed by atoms with Gasteiger partial charge in [-0.2, -0.15) is 11.8 Å². The van der Waals surface area contributed by atoms with E-state index in [2.05, 4.69) is 24.4 Å². The van der Waals surface area contributed by atoms with Crippen LogP contribution in [0.5, 0.6) is 5.75 Å². The molecule has 0 saturated heterocycles. The Bertz CT molecular complexity index is 711. The maximum absolute atomic E-state index is 12.1. The van der Waals surface area contributed by atoms with Gasteiger partial charge in [-0.25, -0.2) is 4.79 Å². The average molecular weight is 402 g/mol. The number of alkyl carbamates (subject to hydrolysis) is 1. The van der Waals surface area contributed by atoms with Crippen LogP contribution in [0.4, 0.5) is 4.79 Å². The quantitative estimate of drug-likeness (QED) is 0.606. The summed E-state index contributed by atoms with van der Waals surface area (Å²) in [4.78, 5) is 12.1. The highest BCUT2D eigenvalue weighted by molar-refractivity contribution is 7.99. The van der Waals surface area contributed by atoms with E-state index in [1.807, 2.05) is 75.0 Å². The molecule has 0 aromatic heterocycles. The normalized spacial score (nSPS) is 12.3. The molecule has 28 heavy (non-hydrogen) atoms. The highest BCUT2D eigenvalue weighted by Gasteiger charge is 2.19. The van der Waals surface area contributed by atoms with E-state index in [4.69, 9.17) is 9.47 Å². The Labute approximate surface area is 173 Å². The van der Waals surface area contributed by atoms with Gasteiger partial charge in [0.1, 0.15) is 18.0 Å². The third-order valence-electron chi connectivity index (χ3n) is 3.90. The topological polar surface area (TPSA) is 47.6 Å². The first-order chi connectivity index (χ1) is 13.4. The Kier molecular flexibility index (Phi) is 8.71. The van der Waals surface area contributed by atoms with Gasteiger partial charge in [0.25, 0.3) is 0 Å². The fraction of sp³-hybridized carbons (Fsp3) is 0.435. The van der Waals surface area contributed by atoms with Crippen LogP contribution in [0.15, 0.2) is 54.6 Å². The summed E-state index contributed by atoms with van der Waals surface area (Å²) in [6.07, 6.45) is 0.391. The molecule has 0 radical (unpaired) electrons. The van der Waals surface area contributed by atoms with E-state index >= 15 is 0 Å². The molecule has 0 aliphatic carbocycles. The Balaban J connectivity index is 1.90. The lowest BCUT2D eigenvalue weighted by molar-refractivity contribution is 0.0509. The molecule has 1 N–H and O–H groups in total. The van der Waals surface area contributed by atoms with Crippen molar-refractivity contribution in [2.45, 2.75) is 52.4 Å². The van der Waals surface area contributed by atoms with E-state index in [1.165, 1.54) is 0 Å². The average Bonchev–Trinajstić information content (AvgIpc) is 2.65. The minimum Gasteiger partial charge on any atom is -0.489 e. The summed E-state index contributed by atoms with van der Waals surface area (Å²) in [6, 6.07) is 18.2. The molecule has 0 heterocycles. The lowest BCUT2D eigenvalue weighted by atomic mass is 10.1. The van der Waals surface area contributed by atoms with Crippen molar-refractivity contribution in [3.05, 3.63) is 65.7 Å². The number of hydrogen-bond donors (Lipinski definition) is 1. The van der Waals surface area contributed by atoms with Crippen LogP contribution in [0, 0.1) is 0 Å². The van der Waals surface area contributed by atoms with E-state index in [0.717, 1.165) is 34.8 Å². The van der Waals surface area contributed by atoms with Crippen LogP contribution in [-0.4, -0.2) is 29.2 Å². The molecule has 4 nitrogen and oxygen atoms in total. The molecule has 0 bridgehead atoms. The highest BCUT2D eigenvalue weighted by atomic mass is 32.2. The largest absolute Gasteiger partial charge is 0.489 e. The zero-order valence-corrected chi connectivity index (χ0v) is 18.1. The van der Waals surface area contributed by atoms with Crippen LogP contribution in [-0.2, 0) is 17.8 Å². The molecule has 0 aliphatic heterocycles. The first-order valence-electron chi connectivity index (χ1n) is 9.68. The number of rotatable bonds is 9. The predicted molar refractivity (Wildman–Crippen MR) is 117 cm³/mol. The van der Waals surface area contributed by atoms with Crippen LogP contribution >= 0.6 is 11.8 Å². The molecular formula is C23H31NO3S. The number of carbonyl (C=O) groups is 1. The van der Waals surface area contributed by atoms with Crippen molar-refractivity contribution in [1.29, 1.82) is 0 Å². The Morgan fingerprint density at radius 1 is 1.04 bits per heavy atom. The molecule has 5 heteroatoms. The molecule has 2 rings (SSSR count). The summed E-state index contributed by atoms with van der Waals surface area (Å²) in [6.45, 7) is 8.29. The monoisotopic (exact) mass is 401 g/mol. The first kappa shape index (κ1) is 22.2. The molecule has 1 atom stereocenters. The molecule has 0 aliphatic rings. The summed E-state index contributed by atoms with van der Waals surface area (Å²) in [5.41, 5.74) is 1.80. The third kappa shape index (κ3) is 8.70. The zero-order valence-electron chi connectivity index (χ0n) is 17.2. The first-order valence-corrected chi connectivity index (χ1v) is 10.8. The smallest absolute Gasteiger partial charge is 0.407 e. The standard InChI is InChI=1S/C23H31NO3S/c1-5-28-17-20(24-22(25)27-23(2,3)4)15-18-11-13-21(14-12-18)26-16-19-9-7-6-8-10-19/h6-14,20H,5,15-17H2,1-4H3,(H,24,25). The molecular weight excluding hydrogens is 370 g/mol. The van der Waals surface area contributed by atoms with E-state index < -0.39 is 5.60 Å². The molecule has 2 aromatic rings. The molecule has 0 spiro atoms. The lowest BCUT2D eigenvalue weighted by Crippen LogP contribution is -2.41. The number of benzene rings is 2. The van der Waals surface area contributed by atoms with Crippen LogP contribution < -0.4 is 10.1 Å². The van der Waals surface area contributed by atoms with Gasteiger partial charge in [0, 0.05) is 11.8 Å². The minimum atomic E-state index is -0.496. The maximum atomic E-state index is 12.1. The van der Waals surface area contributed by atoms with Gasteiger partial charge in [-0.15, -0.1) is 0 Å². The predicted octanol–water partition coefficient (Wildman–Crippen LogP) is 5.45. The number of carbonyl (C=O) groups excluding carboxylic acids is 1.